The zero-order valence-corrected chi connectivity index (χ0v) is 18.3. The third kappa shape index (κ3) is 3.41. The third-order valence-electron chi connectivity index (χ3n) is 5.85. The van der Waals surface area contributed by atoms with Crippen LogP contribution in [0.15, 0.2) is 78.0 Å². The molecule has 0 unspecified atom stereocenters. The largest absolute Gasteiger partial charge is 0.472 e. The lowest BCUT2D eigenvalue weighted by Gasteiger charge is -2.06. The topological polar surface area (TPSA) is 112 Å². The first-order chi connectivity index (χ1) is 16.7. The first-order valence-corrected chi connectivity index (χ1v) is 10.9. The van der Waals surface area contributed by atoms with Gasteiger partial charge in [0.15, 0.2) is 5.65 Å². The number of carbonyl (C=O) groups excluding carboxylic acids is 1. The second kappa shape index (κ2) is 8.00. The number of hydrogen-bond acceptors (Lipinski definition) is 5. The number of anilines is 1. The number of aromatic amines is 2. The van der Waals surface area contributed by atoms with Gasteiger partial charge in [-0.1, -0.05) is 19.1 Å². The minimum absolute atomic E-state index is 0.0572. The lowest BCUT2D eigenvalue weighted by atomic mass is 10.0. The Bertz CT molecular complexity index is 1650. The van der Waals surface area contributed by atoms with Crippen LogP contribution in [-0.4, -0.2) is 31.1 Å². The van der Waals surface area contributed by atoms with E-state index in [0.29, 0.717) is 17.8 Å². The van der Waals surface area contributed by atoms with Crippen LogP contribution in [0.1, 0.15) is 13.3 Å². The number of nitrogens with zero attached hydrogens (tertiary/aromatic N) is 3. The van der Waals surface area contributed by atoms with E-state index in [9.17, 15) is 4.79 Å². The molecule has 6 rings (SSSR count). The highest BCUT2D eigenvalue weighted by Gasteiger charge is 2.15. The lowest BCUT2D eigenvalue weighted by molar-refractivity contribution is -0.115. The van der Waals surface area contributed by atoms with E-state index in [-0.39, 0.29) is 5.91 Å². The fraction of sp³-hybridized carbons (Fsp3) is 0.0769. The molecule has 8 nitrogen and oxygen atoms in total. The van der Waals surface area contributed by atoms with Gasteiger partial charge in [0, 0.05) is 51.8 Å². The van der Waals surface area contributed by atoms with E-state index < -0.39 is 0 Å². The molecule has 0 aliphatic rings. The van der Waals surface area contributed by atoms with Crippen LogP contribution in [0.2, 0.25) is 0 Å². The van der Waals surface area contributed by atoms with Crippen LogP contribution in [0.3, 0.4) is 0 Å². The maximum absolute atomic E-state index is 11.8. The van der Waals surface area contributed by atoms with Gasteiger partial charge < -0.3 is 14.7 Å². The normalized spacial score (nSPS) is 11.3. The maximum Gasteiger partial charge on any atom is 0.224 e. The Morgan fingerprint density at radius 1 is 1.03 bits per heavy atom. The molecule has 0 bridgehead atoms. The molecule has 6 aromatic rings. The Morgan fingerprint density at radius 2 is 1.94 bits per heavy atom. The summed E-state index contributed by atoms with van der Waals surface area (Å²) >= 11 is 0. The van der Waals surface area contributed by atoms with Crippen molar-refractivity contribution in [1.29, 1.82) is 0 Å². The number of aromatic nitrogens is 5. The quantitative estimate of drug-likeness (QED) is 0.310. The van der Waals surface area contributed by atoms with E-state index >= 15 is 0 Å². The van der Waals surface area contributed by atoms with Gasteiger partial charge in [-0.05, 0) is 35.9 Å². The minimum atomic E-state index is -0.0572. The Kier molecular flexibility index (Phi) is 4.69. The van der Waals surface area contributed by atoms with Crippen LogP contribution in [0.4, 0.5) is 5.69 Å². The predicted molar refractivity (Wildman–Crippen MR) is 131 cm³/mol. The number of nitrogens with one attached hydrogen (secondary N) is 3. The van der Waals surface area contributed by atoms with Crippen molar-refractivity contribution in [1.82, 2.24) is 25.1 Å². The molecule has 0 fully saturated rings. The van der Waals surface area contributed by atoms with Gasteiger partial charge >= 0.3 is 0 Å². The molecule has 0 aliphatic heterocycles. The monoisotopic (exact) mass is 448 g/mol. The third-order valence-corrected chi connectivity index (χ3v) is 5.85. The van der Waals surface area contributed by atoms with E-state index in [4.69, 9.17) is 4.42 Å². The molecule has 1 aromatic carbocycles. The fourth-order valence-corrected chi connectivity index (χ4v) is 4.14. The van der Waals surface area contributed by atoms with Crippen molar-refractivity contribution in [3.05, 3.63) is 73.6 Å². The number of H-pyrrole nitrogens is 2. The van der Waals surface area contributed by atoms with E-state index in [2.05, 4.69) is 42.6 Å². The van der Waals surface area contributed by atoms with Gasteiger partial charge in [-0.2, -0.15) is 5.10 Å². The molecule has 166 valence electrons. The van der Waals surface area contributed by atoms with Gasteiger partial charge in [-0.15, -0.1) is 0 Å². The molecule has 0 radical (unpaired) electrons. The molecule has 0 atom stereocenters. The molecule has 3 N–H and O–H groups in total. The summed E-state index contributed by atoms with van der Waals surface area (Å²) in [4.78, 5) is 24.1. The average Bonchev–Trinajstić information content (AvgIpc) is 3.62. The summed E-state index contributed by atoms with van der Waals surface area (Å²) in [5.41, 5.74) is 7.90. The summed E-state index contributed by atoms with van der Waals surface area (Å²) in [6.07, 6.45) is 8.97. The number of rotatable bonds is 5. The van der Waals surface area contributed by atoms with E-state index in [1.807, 2.05) is 37.3 Å². The summed E-state index contributed by atoms with van der Waals surface area (Å²) in [5.74, 6) is -0.0572. The Morgan fingerprint density at radius 3 is 2.79 bits per heavy atom. The number of fused-ring (bicyclic) bond motifs is 2. The molecule has 8 heteroatoms. The van der Waals surface area contributed by atoms with Crippen molar-refractivity contribution in [3.8, 4) is 33.6 Å². The van der Waals surface area contributed by atoms with Crippen LogP contribution in [0.25, 0.3) is 55.6 Å². The maximum atomic E-state index is 11.8. The zero-order chi connectivity index (χ0) is 23.1. The summed E-state index contributed by atoms with van der Waals surface area (Å²) in [5, 5.41) is 12.4. The molecule has 1 amide bonds. The van der Waals surface area contributed by atoms with Crippen LogP contribution in [0, 0.1) is 0 Å². The van der Waals surface area contributed by atoms with Crippen LogP contribution in [0.5, 0.6) is 0 Å². The molecule has 0 saturated carbocycles. The SMILES string of the molecule is CCC(=O)Nc1cncc(-c2cnc3n[nH]c(-c4cc5c(-c6ccoc6)cccc5[nH]4)c3c2)c1. The standard InChI is InChI=1S/C26H20N6O2/c1-2-24(33)29-18-8-16(11-27-13-18)17-9-21-25(31-32-26(21)28-12-17)23-10-20-19(15-6-7-34-14-15)4-3-5-22(20)30-23/h3-14,30H,2H2,1H3,(H,29,33)(H,28,31,32). The van der Waals surface area contributed by atoms with Gasteiger partial charge in [0.1, 0.15) is 0 Å². The molecular weight excluding hydrogens is 428 g/mol. The number of pyridine rings is 2. The Labute approximate surface area is 194 Å². The highest BCUT2D eigenvalue weighted by Crippen LogP contribution is 2.35. The van der Waals surface area contributed by atoms with Crippen LogP contribution in [-0.2, 0) is 4.79 Å². The van der Waals surface area contributed by atoms with E-state index in [1.54, 1.807) is 31.1 Å². The lowest BCUT2D eigenvalue weighted by Crippen LogP contribution is -2.09. The number of hydrogen-bond donors (Lipinski definition) is 3. The highest BCUT2D eigenvalue weighted by molar-refractivity contribution is 6.01. The van der Waals surface area contributed by atoms with Gasteiger partial charge in [-0.25, -0.2) is 4.98 Å². The fourth-order valence-electron chi connectivity index (χ4n) is 4.14. The smallest absolute Gasteiger partial charge is 0.224 e. The zero-order valence-electron chi connectivity index (χ0n) is 18.3. The molecule has 0 spiro atoms. The minimum Gasteiger partial charge on any atom is -0.472 e. The molecule has 0 aliphatic carbocycles. The molecule has 34 heavy (non-hydrogen) atoms. The average molecular weight is 448 g/mol. The van der Waals surface area contributed by atoms with Gasteiger partial charge in [-0.3, -0.25) is 14.9 Å². The van der Waals surface area contributed by atoms with Crippen molar-refractivity contribution in [2.45, 2.75) is 13.3 Å². The van der Waals surface area contributed by atoms with Crippen molar-refractivity contribution >= 4 is 33.5 Å². The van der Waals surface area contributed by atoms with Crippen molar-refractivity contribution in [2.24, 2.45) is 0 Å². The van der Waals surface area contributed by atoms with Gasteiger partial charge in [0.05, 0.1) is 35.8 Å². The second-order valence-corrected chi connectivity index (χ2v) is 8.02. The second-order valence-electron chi connectivity index (χ2n) is 8.02. The molecule has 5 heterocycles. The molecule has 5 aromatic heterocycles. The van der Waals surface area contributed by atoms with Crippen molar-refractivity contribution in [3.63, 3.8) is 0 Å². The Hall–Kier alpha value is -4.72. The number of furan rings is 1. The van der Waals surface area contributed by atoms with Gasteiger partial charge in [0.2, 0.25) is 5.91 Å². The summed E-state index contributed by atoms with van der Waals surface area (Å²) in [6.45, 7) is 1.81. The van der Waals surface area contributed by atoms with E-state index in [0.717, 1.165) is 49.9 Å². The number of carbonyl (C=O) groups is 1. The summed E-state index contributed by atoms with van der Waals surface area (Å²) in [7, 11) is 0. The predicted octanol–water partition coefficient (Wildman–Crippen LogP) is 5.78. The summed E-state index contributed by atoms with van der Waals surface area (Å²) < 4.78 is 5.28. The molecular formula is C26H20N6O2. The van der Waals surface area contributed by atoms with Crippen LogP contribution >= 0.6 is 0 Å². The van der Waals surface area contributed by atoms with Crippen LogP contribution < -0.4 is 5.32 Å². The van der Waals surface area contributed by atoms with Crippen molar-refractivity contribution in [2.75, 3.05) is 5.32 Å². The highest BCUT2D eigenvalue weighted by atomic mass is 16.3. The van der Waals surface area contributed by atoms with E-state index in [1.165, 1.54) is 0 Å². The molecule has 0 saturated heterocycles. The number of benzene rings is 1. The van der Waals surface area contributed by atoms with Gasteiger partial charge in [0.25, 0.3) is 0 Å². The Balaban J connectivity index is 1.43. The van der Waals surface area contributed by atoms with Crippen molar-refractivity contribution < 1.29 is 9.21 Å². The number of amides is 1. The first kappa shape index (κ1) is 19.9. The first-order valence-electron chi connectivity index (χ1n) is 10.9. The summed E-state index contributed by atoms with van der Waals surface area (Å²) in [6, 6.07) is 14.1.